The monoisotopic (exact) mass is 316 g/mol. The first-order chi connectivity index (χ1) is 10.7. The Labute approximate surface area is 134 Å². The first kappa shape index (κ1) is 14.1. The standard InChI is InChI=1S/C17H20N2O2S/c20-15-8-9-17(19(15)10-11-22-17)16(21)18-14-7-3-5-12-4-1-2-6-13(12)14/h1-2,4,6,14H,3,5,7-11H2,(H,18,21)/t14-,17+/m1/s1. The second kappa shape index (κ2) is 5.30. The Bertz CT molecular complexity index is 633. The first-order valence-electron chi connectivity index (χ1n) is 8.04. The van der Waals surface area contributed by atoms with Crippen molar-refractivity contribution < 1.29 is 9.59 Å². The van der Waals surface area contributed by atoms with Crippen LogP contribution in [0.4, 0.5) is 0 Å². The Hall–Kier alpha value is -1.49. The minimum atomic E-state index is -0.635. The third-order valence-electron chi connectivity index (χ3n) is 5.10. The molecule has 2 atom stereocenters. The second-order valence-electron chi connectivity index (χ2n) is 6.30. The number of benzene rings is 1. The van der Waals surface area contributed by atoms with E-state index in [2.05, 4.69) is 23.5 Å². The van der Waals surface area contributed by atoms with E-state index in [9.17, 15) is 9.59 Å². The molecule has 2 saturated heterocycles. The van der Waals surface area contributed by atoms with E-state index >= 15 is 0 Å². The predicted octanol–water partition coefficient (Wildman–Crippen LogP) is 2.25. The zero-order chi connectivity index (χ0) is 15.2. The summed E-state index contributed by atoms with van der Waals surface area (Å²) in [5.41, 5.74) is 2.59. The van der Waals surface area contributed by atoms with Crippen LogP contribution in [0.5, 0.6) is 0 Å². The fourth-order valence-corrected chi connectivity index (χ4v) is 5.38. The van der Waals surface area contributed by atoms with Crippen LogP contribution in [0.1, 0.15) is 42.9 Å². The number of carbonyl (C=O) groups is 2. The van der Waals surface area contributed by atoms with Crippen LogP contribution in [0.2, 0.25) is 0 Å². The minimum Gasteiger partial charge on any atom is -0.346 e. The number of aryl methyl sites for hydroxylation is 1. The molecule has 1 aromatic carbocycles. The van der Waals surface area contributed by atoms with Gasteiger partial charge in [-0.1, -0.05) is 24.3 Å². The molecule has 1 N–H and O–H groups in total. The highest BCUT2D eigenvalue weighted by Gasteiger charge is 2.54. The molecule has 0 radical (unpaired) electrons. The fraction of sp³-hybridized carbons (Fsp3) is 0.529. The summed E-state index contributed by atoms with van der Waals surface area (Å²) < 4.78 is 0. The maximum Gasteiger partial charge on any atom is 0.257 e. The molecular weight excluding hydrogens is 296 g/mol. The van der Waals surface area contributed by atoms with Crippen LogP contribution in [-0.2, 0) is 16.0 Å². The molecule has 5 heteroatoms. The van der Waals surface area contributed by atoms with Crippen molar-refractivity contribution in [1.29, 1.82) is 0 Å². The third-order valence-corrected chi connectivity index (χ3v) is 6.57. The van der Waals surface area contributed by atoms with Crippen molar-refractivity contribution in [1.82, 2.24) is 10.2 Å². The van der Waals surface area contributed by atoms with Gasteiger partial charge in [0, 0.05) is 18.7 Å². The van der Waals surface area contributed by atoms with E-state index in [0.29, 0.717) is 19.4 Å². The topological polar surface area (TPSA) is 49.4 Å². The molecule has 0 unspecified atom stereocenters. The largest absolute Gasteiger partial charge is 0.346 e. The van der Waals surface area contributed by atoms with Crippen molar-refractivity contribution in [2.75, 3.05) is 12.3 Å². The summed E-state index contributed by atoms with van der Waals surface area (Å²) in [7, 11) is 0. The van der Waals surface area contributed by atoms with Gasteiger partial charge < -0.3 is 10.2 Å². The van der Waals surface area contributed by atoms with Crippen LogP contribution in [0.15, 0.2) is 24.3 Å². The van der Waals surface area contributed by atoms with Crippen LogP contribution in [0, 0.1) is 0 Å². The number of hydrogen-bond donors (Lipinski definition) is 1. The molecule has 22 heavy (non-hydrogen) atoms. The molecule has 0 saturated carbocycles. The Morgan fingerprint density at radius 2 is 2.18 bits per heavy atom. The summed E-state index contributed by atoms with van der Waals surface area (Å²) in [6.07, 6.45) is 4.33. The van der Waals surface area contributed by atoms with Crippen molar-refractivity contribution >= 4 is 23.6 Å². The molecule has 3 aliphatic rings. The Balaban J connectivity index is 1.57. The quantitative estimate of drug-likeness (QED) is 0.910. The molecule has 1 aromatic rings. The molecule has 2 heterocycles. The highest BCUT2D eigenvalue weighted by molar-refractivity contribution is 8.01. The van der Waals surface area contributed by atoms with E-state index in [1.54, 1.807) is 16.7 Å². The lowest BCUT2D eigenvalue weighted by molar-refractivity contribution is -0.136. The molecule has 1 aliphatic carbocycles. The van der Waals surface area contributed by atoms with Crippen molar-refractivity contribution in [3.05, 3.63) is 35.4 Å². The maximum atomic E-state index is 12.9. The van der Waals surface area contributed by atoms with Gasteiger partial charge in [-0.3, -0.25) is 9.59 Å². The van der Waals surface area contributed by atoms with E-state index in [1.807, 2.05) is 6.07 Å². The highest BCUT2D eigenvalue weighted by Crippen LogP contribution is 2.45. The number of hydrogen-bond acceptors (Lipinski definition) is 3. The number of nitrogens with zero attached hydrogens (tertiary/aromatic N) is 1. The average Bonchev–Trinajstić information content (AvgIpc) is 3.10. The number of fused-ring (bicyclic) bond motifs is 2. The SMILES string of the molecule is O=C1CC[C@@]2(C(=O)N[C@@H]3CCCc4ccccc43)SCCN12. The molecule has 0 aromatic heterocycles. The van der Waals surface area contributed by atoms with E-state index in [4.69, 9.17) is 0 Å². The maximum absolute atomic E-state index is 12.9. The third kappa shape index (κ3) is 2.06. The normalized spacial score (nSPS) is 30.1. The van der Waals surface area contributed by atoms with Gasteiger partial charge in [0.25, 0.3) is 5.91 Å². The molecule has 0 spiro atoms. The Kier molecular flexibility index (Phi) is 3.40. The van der Waals surface area contributed by atoms with Gasteiger partial charge in [-0.15, -0.1) is 11.8 Å². The Morgan fingerprint density at radius 3 is 3.09 bits per heavy atom. The lowest BCUT2D eigenvalue weighted by atomic mass is 9.87. The molecule has 4 rings (SSSR count). The molecule has 4 nitrogen and oxygen atoms in total. The summed E-state index contributed by atoms with van der Waals surface area (Å²) in [5.74, 6) is 1.02. The van der Waals surface area contributed by atoms with Gasteiger partial charge in [-0.25, -0.2) is 0 Å². The summed E-state index contributed by atoms with van der Waals surface area (Å²) in [5, 5.41) is 3.25. The highest BCUT2D eigenvalue weighted by atomic mass is 32.2. The van der Waals surface area contributed by atoms with Crippen LogP contribution in [0.25, 0.3) is 0 Å². The van der Waals surface area contributed by atoms with Crippen molar-refractivity contribution in [2.45, 2.75) is 43.0 Å². The smallest absolute Gasteiger partial charge is 0.257 e. The first-order valence-corrected chi connectivity index (χ1v) is 9.02. The zero-order valence-electron chi connectivity index (χ0n) is 12.5. The molecular formula is C17H20N2O2S. The lowest BCUT2D eigenvalue weighted by Crippen LogP contribution is -2.52. The zero-order valence-corrected chi connectivity index (χ0v) is 13.3. The van der Waals surface area contributed by atoms with Gasteiger partial charge in [-0.2, -0.15) is 0 Å². The van der Waals surface area contributed by atoms with Gasteiger partial charge in [-0.05, 0) is 36.8 Å². The van der Waals surface area contributed by atoms with Gasteiger partial charge in [0.2, 0.25) is 5.91 Å². The second-order valence-corrected chi connectivity index (χ2v) is 7.67. The van der Waals surface area contributed by atoms with E-state index < -0.39 is 4.87 Å². The number of thioether (sulfide) groups is 1. The number of carbonyl (C=O) groups excluding carboxylic acids is 2. The van der Waals surface area contributed by atoms with Crippen molar-refractivity contribution in [3.63, 3.8) is 0 Å². The summed E-state index contributed by atoms with van der Waals surface area (Å²) in [4.78, 5) is 26.1. The summed E-state index contributed by atoms with van der Waals surface area (Å²) in [6, 6.07) is 8.46. The fourth-order valence-electron chi connectivity index (χ4n) is 3.99. The van der Waals surface area contributed by atoms with Crippen LogP contribution >= 0.6 is 11.8 Å². The van der Waals surface area contributed by atoms with E-state index in [-0.39, 0.29) is 17.9 Å². The van der Waals surface area contributed by atoms with Crippen LogP contribution < -0.4 is 5.32 Å². The predicted molar refractivity (Wildman–Crippen MR) is 86.4 cm³/mol. The van der Waals surface area contributed by atoms with Gasteiger partial charge in [0.05, 0.1) is 6.04 Å². The molecule has 2 fully saturated rings. The number of nitrogens with one attached hydrogen (secondary N) is 1. The molecule has 2 aliphatic heterocycles. The summed E-state index contributed by atoms with van der Waals surface area (Å²) >= 11 is 1.64. The van der Waals surface area contributed by atoms with Gasteiger partial charge in [0.1, 0.15) is 0 Å². The minimum absolute atomic E-state index is 0.0301. The Morgan fingerprint density at radius 1 is 1.32 bits per heavy atom. The van der Waals surface area contributed by atoms with Crippen molar-refractivity contribution in [2.24, 2.45) is 0 Å². The molecule has 2 amide bonds. The lowest BCUT2D eigenvalue weighted by Gasteiger charge is -2.33. The van der Waals surface area contributed by atoms with Crippen LogP contribution in [-0.4, -0.2) is 33.9 Å². The van der Waals surface area contributed by atoms with E-state index in [0.717, 1.165) is 25.0 Å². The molecule has 0 bridgehead atoms. The van der Waals surface area contributed by atoms with Crippen LogP contribution in [0.3, 0.4) is 0 Å². The number of rotatable bonds is 2. The van der Waals surface area contributed by atoms with Crippen molar-refractivity contribution in [3.8, 4) is 0 Å². The molecule has 116 valence electrons. The summed E-state index contributed by atoms with van der Waals surface area (Å²) in [6.45, 7) is 0.707. The number of amides is 2. The van der Waals surface area contributed by atoms with Gasteiger partial charge >= 0.3 is 0 Å². The average molecular weight is 316 g/mol. The van der Waals surface area contributed by atoms with Gasteiger partial charge in [0.15, 0.2) is 4.87 Å². The van der Waals surface area contributed by atoms with E-state index in [1.165, 1.54) is 11.1 Å².